The van der Waals surface area contributed by atoms with Crippen molar-refractivity contribution < 1.29 is 19.1 Å². The van der Waals surface area contributed by atoms with Crippen molar-refractivity contribution in [2.75, 3.05) is 4.90 Å². The minimum atomic E-state index is -1.94. The second-order valence-corrected chi connectivity index (χ2v) is 9.32. The van der Waals surface area contributed by atoms with Crippen molar-refractivity contribution in [3.8, 4) is 0 Å². The fourth-order valence-corrected chi connectivity index (χ4v) is 4.56. The van der Waals surface area contributed by atoms with Crippen LogP contribution < -0.4 is 4.90 Å². The molecule has 0 bridgehead atoms. The van der Waals surface area contributed by atoms with Gasteiger partial charge in [0.15, 0.2) is 11.4 Å². The van der Waals surface area contributed by atoms with Crippen LogP contribution in [0.1, 0.15) is 39.2 Å². The number of benzene rings is 2. The molecule has 0 aliphatic carbocycles. The van der Waals surface area contributed by atoms with Crippen LogP contribution in [-0.4, -0.2) is 16.8 Å². The van der Waals surface area contributed by atoms with Crippen LogP contribution in [0.15, 0.2) is 62.1 Å². The lowest BCUT2D eigenvalue weighted by Crippen LogP contribution is -2.41. The van der Waals surface area contributed by atoms with Crippen LogP contribution >= 0.6 is 31.9 Å². The molecule has 154 valence electrons. The summed E-state index contributed by atoms with van der Waals surface area (Å²) in [5, 5.41) is 11.5. The maximum Gasteiger partial charge on any atom is 0.264 e. The summed E-state index contributed by atoms with van der Waals surface area (Å²) in [6.07, 6.45) is 1.15. The number of aryl methyl sites for hydroxylation is 2. The second kappa shape index (κ2) is 7.80. The lowest BCUT2D eigenvalue weighted by Gasteiger charge is -2.23. The summed E-state index contributed by atoms with van der Waals surface area (Å²) in [7, 11) is 0. The third kappa shape index (κ3) is 3.55. The number of carbonyl (C=O) groups is 2. The number of rotatable bonds is 5. The fraction of sp³-hybridized carbons (Fsp3) is 0.217. The highest BCUT2D eigenvalue weighted by atomic mass is 79.9. The molecule has 1 aliphatic heterocycles. The molecule has 1 aromatic heterocycles. The van der Waals surface area contributed by atoms with Gasteiger partial charge >= 0.3 is 0 Å². The van der Waals surface area contributed by atoms with Gasteiger partial charge in [-0.2, -0.15) is 0 Å². The Morgan fingerprint density at radius 3 is 2.40 bits per heavy atom. The standard InChI is InChI=1S/C23H19Br2NO4/c1-13-12-30-14(2)21(13)20(27)10-23(29)18-9-17(25)7-8-19(18)26(22(23)28)11-15-3-5-16(24)6-4-15/h3-9,12,29H,10-11H2,1-2H3. The van der Waals surface area contributed by atoms with E-state index in [1.54, 1.807) is 26.0 Å². The first-order chi connectivity index (χ1) is 14.2. The number of halogens is 2. The molecule has 1 atom stereocenters. The maximum atomic E-state index is 13.4. The number of carbonyl (C=O) groups excluding carboxylic acids is 2. The number of hydrogen-bond donors (Lipinski definition) is 1. The van der Waals surface area contributed by atoms with E-state index in [2.05, 4.69) is 31.9 Å². The summed E-state index contributed by atoms with van der Waals surface area (Å²) in [6.45, 7) is 3.76. The summed E-state index contributed by atoms with van der Waals surface area (Å²) in [4.78, 5) is 28.0. The molecule has 1 amide bonds. The van der Waals surface area contributed by atoms with E-state index in [1.165, 1.54) is 11.2 Å². The average molecular weight is 533 g/mol. The van der Waals surface area contributed by atoms with Crippen LogP contribution in [0, 0.1) is 13.8 Å². The van der Waals surface area contributed by atoms with Gasteiger partial charge in [-0.15, -0.1) is 0 Å². The van der Waals surface area contributed by atoms with Gasteiger partial charge in [0, 0.05) is 14.5 Å². The lowest BCUT2D eigenvalue weighted by atomic mass is 9.87. The molecule has 0 radical (unpaired) electrons. The van der Waals surface area contributed by atoms with E-state index in [-0.39, 0.29) is 12.2 Å². The number of hydrogen-bond acceptors (Lipinski definition) is 4. The molecule has 0 spiro atoms. The number of anilines is 1. The van der Waals surface area contributed by atoms with Crippen molar-refractivity contribution >= 4 is 49.2 Å². The first-order valence-corrected chi connectivity index (χ1v) is 11.0. The SMILES string of the molecule is Cc1coc(C)c1C(=O)CC1(O)C(=O)N(Cc2ccc(Br)cc2)c2ccc(Br)cc21. The Balaban J connectivity index is 1.73. The predicted molar refractivity (Wildman–Crippen MR) is 121 cm³/mol. The molecule has 3 aromatic rings. The largest absolute Gasteiger partial charge is 0.469 e. The Bertz CT molecular complexity index is 1130. The molecule has 0 saturated heterocycles. The van der Waals surface area contributed by atoms with Crippen molar-refractivity contribution in [1.82, 2.24) is 0 Å². The van der Waals surface area contributed by atoms with Crippen LogP contribution in [0.4, 0.5) is 5.69 Å². The van der Waals surface area contributed by atoms with Gasteiger partial charge in [-0.3, -0.25) is 9.59 Å². The van der Waals surface area contributed by atoms with Crippen LogP contribution in [-0.2, 0) is 16.9 Å². The highest BCUT2D eigenvalue weighted by molar-refractivity contribution is 9.10. The van der Waals surface area contributed by atoms with Gasteiger partial charge in [-0.25, -0.2) is 0 Å². The Morgan fingerprint density at radius 1 is 1.10 bits per heavy atom. The number of furan rings is 1. The zero-order valence-corrected chi connectivity index (χ0v) is 19.6. The second-order valence-electron chi connectivity index (χ2n) is 7.49. The van der Waals surface area contributed by atoms with Crippen LogP contribution in [0.25, 0.3) is 0 Å². The zero-order valence-electron chi connectivity index (χ0n) is 16.4. The van der Waals surface area contributed by atoms with Crippen LogP contribution in [0.2, 0.25) is 0 Å². The van der Waals surface area contributed by atoms with Crippen molar-refractivity contribution in [2.45, 2.75) is 32.4 Å². The predicted octanol–water partition coefficient (Wildman–Crippen LogP) is 5.43. The number of aliphatic hydroxyl groups is 1. The molecule has 2 aromatic carbocycles. The summed E-state index contributed by atoms with van der Waals surface area (Å²) < 4.78 is 6.99. The van der Waals surface area contributed by atoms with E-state index in [1.807, 2.05) is 30.3 Å². The smallest absolute Gasteiger partial charge is 0.264 e. The van der Waals surface area contributed by atoms with Gasteiger partial charge in [-0.1, -0.05) is 44.0 Å². The average Bonchev–Trinajstić information content (AvgIpc) is 3.13. The molecule has 30 heavy (non-hydrogen) atoms. The minimum Gasteiger partial charge on any atom is -0.469 e. The Morgan fingerprint density at radius 2 is 1.77 bits per heavy atom. The number of Topliss-reactive ketones (excluding diaryl/α,β-unsaturated/α-hetero) is 1. The molecule has 0 fully saturated rings. The van der Waals surface area contributed by atoms with Crippen molar-refractivity contribution in [1.29, 1.82) is 0 Å². The number of nitrogens with zero attached hydrogens (tertiary/aromatic N) is 1. The maximum absolute atomic E-state index is 13.4. The fourth-order valence-electron chi connectivity index (χ4n) is 3.93. The molecule has 0 saturated carbocycles. The molecule has 4 rings (SSSR count). The topological polar surface area (TPSA) is 70.7 Å². The summed E-state index contributed by atoms with van der Waals surface area (Å²) in [5.74, 6) is -0.357. The molecule has 1 unspecified atom stereocenters. The van der Waals surface area contributed by atoms with Crippen molar-refractivity contribution in [3.63, 3.8) is 0 Å². The van der Waals surface area contributed by atoms with Crippen molar-refractivity contribution in [3.05, 3.63) is 85.7 Å². The third-order valence-corrected chi connectivity index (χ3v) is 6.42. The van der Waals surface area contributed by atoms with Gasteiger partial charge < -0.3 is 14.4 Å². The first kappa shape index (κ1) is 21.0. The summed E-state index contributed by atoms with van der Waals surface area (Å²) >= 11 is 6.82. The van der Waals surface area contributed by atoms with Gasteiger partial charge in [0.1, 0.15) is 5.76 Å². The molecule has 1 aliphatic rings. The number of fused-ring (bicyclic) bond motifs is 1. The normalized spacial score (nSPS) is 18.0. The van der Waals surface area contributed by atoms with Crippen LogP contribution in [0.3, 0.4) is 0 Å². The van der Waals surface area contributed by atoms with E-state index in [9.17, 15) is 14.7 Å². The van der Waals surface area contributed by atoms with Gasteiger partial charge in [0.2, 0.25) is 0 Å². The van der Waals surface area contributed by atoms with Crippen molar-refractivity contribution in [2.24, 2.45) is 0 Å². The first-order valence-electron chi connectivity index (χ1n) is 9.37. The van der Waals surface area contributed by atoms with E-state index in [0.29, 0.717) is 34.7 Å². The van der Waals surface area contributed by atoms with Gasteiger partial charge in [-0.05, 0) is 55.3 Å². The van der Waals surface area contributed by atoms with Gasteiger partial charge in [0.05, 0.1) is 30.5 Å². The summed E-state index contributed by atoms with van der Waals surface area (Å²) in [5.41, 5.74) is 1.10. The highest BCUT2D eigenvalue weighted by Gasteiger charge is 2.51. The molecule has 2 heterocycles. The third-order valence-electron chi connectivity index (χ3n) is 5.40. The molecular formula is C23H19Br2NO4. The van der Waals surface area contributed by atoms with E-state index >= 15 is 0 Å². The van der Waals surface area contributed by atoms with E-state index < -0.39 is 11.5 Å². The van der Waals surface area contributed by atoms with E-state index in [0.717, 1.165) is 14.5 Å². The highest BCUT2D eigenvalue weighted by Crippen LogP contribution is 2.45. The lowest BCUT2D eigenvalue weighted by molar-refractivity contribution is -0.136. The minimum absolute atomic E-state index is 0.293. The van der Waals surface area contributed by atoms with Crippen LogP contribution in [0.5, 0.6) is 0 Å². The van der Waals surface area contributed by atoms with Gasteiger partial charge in [0.25, 0.3) is 5.91 Å². The Labute approximate surface area is 191 Å². The van der Waals surface area contributed by atoms with E-state index in [4.69, 9.17) is 4.42 Å². The summed E-state index contributed by atoms with van der Waals surface area (Å²) in [6, 6.07) is 12.9. The molecule has 1 N–H and O–H groups in total. The monoisotopic (exact) mass is 531 g/mol. The number of amides is 1. The Hall–Kier alpha value is -2.22. The Kier molecular flexibility index (Phi) is 5.46. The quantitative estimate of drug-likeness (QED) is 0.445. The molecule has 5 nitrogen and oxygen atoms in total. The molecule has 7 heteroatoms. The zero-order chi connectivity index (χ0) is 21.6. The number of ketones is 1. The molecular weight excluding hydrogens is 514 g/mol.